The number of nitrogens with zero attached hydrogens (tertiary/aromatic N) is 4. The Bertz CT molecular complexity index is 283. The van der Waals surface area contributed by atoms with Gasteiger partial charge in [0.2, 0.25) is 0 Å². The van der Waals surface area contributed by atoms with Crippen LogP contribution in [0.15, 0.2) is 12.4 Å². The molecule has 0 amide bonds. The molecule has 0 aliphatic carbocycles. The number of rotatable bonds is 5. The molecule has 1 aromatic rings. The first-order chi connectivity index (χ1) is 7.88. The predicted molar refractivity (Wildman–Crippen MR) is 63.2 cm³/mol. The molecule has 90 valence electrons. The van der Waals surface area contributed by atoms with E-state index in [1.807, 2.05) is 10.9 Å². The monoisotopic (exact) mass is 223 g/mol. The van der Waals surface area contributed by atoms with E-state index >= 15 is 0 Å². The minimum Gasteiger partial charge on any atom is -0.313 e. The third-order valence-corrected chi connectivity index (χ3v) is 3.12. The highest BCUT2D eigenvalue weighted by Crippen LogP contribution is 2.09. The van der Waals surface area contributed by atoms with E-state index in [2.05, 4.69) is 27.5 Å². The van der Waals surface area contributed by atoms with Crippen LogP contribution in [-0.2, 0) is 6.54 Å². The predicted octanol–water partition coefficient (Wildman–Crippen LogP) is 0.352. The fraction of sp³-hybridized carbons (Fsp3) is 0.818. The maximum Gasteiger partial charge on any atom is 0.0692 e. The number of aromatic nitrogens is 3. The van der Waals surface area contributed by atoms with Gasteiger partial charge in [0.1, 0.15) is 0 Å². The summed E-state index contributed by atoms with van der Waals surface area (Å²) in [6.45, 7) is 7.65. The molecule has 5 nitrogen and oxygen atoms in total. The third-order valence-electron chi connectivity index (χ3n) is 3.12. The fourth-order valence-electron chi connectivity index (χ4n) is 2.31. The van der Waals surface area contributed by atoms with Gasteiger partial charge in [0.15, 0.2) is 0 Å². The van der Waals surface area contributed by atoms with Gasteiger partial charge in [-0.15, -0.1) is 5.10 Å². The first-order valence-electron chi connectivity index (χ1n) is 6.18. The van der Waals surface area contributed by atoms with Crippen LogP contribution in [0.2, 0.25) is 0 Å². The molecule has 0 bridgehead atoms. The molecule has 2 rings (SSSR count). The van der Waals surface area contributed by atoms with Gasteiger partial charge < -0.3 is 5.32 Å². The van der Waals surface area contributed by atoms with Crippen LogP contribution in [0.1, 0.15) is 19.8 Å². The van der Waals surface area contributed by atoms with Crippen LogP contribution in [0.4, 0.5) is 0 Å². The van der Waals surface area contributed by atoms with E-state index in [0.717, 1.165) is 19.6 Å². The maximum absolute atomic E-state index is 3.98. The lowest BCUT2D eigenvalue weighted by atomic mass is 10.1. The van der Waals surface area contributed by atoms with E-state index in [9.17, 15) is 0 Å². The van der Waals surface area contributed by atoms with Crippen LogP contribution in [0.5, 0.6) is 0 Å². The summed E-state index contributed by atoms with van der Waals surface area (Å²) in [4.78, 5) is 2.51. The Balaban J connectivity index is 1.72. The molecular formula is C11H21N5. The number of nitrogens with one attached hydrogen (secondary N) is 1. The minimum absolute atomic E-state index is 0.675. The van der Waals surface area contributed by atoms with Gasteiger partial charge in [-0.3, -0.25) is 9.58 Å². The molecule has 2 heterocycles. The highest BCUT2D eigenvalue weighted by molar-refractivity contribution is 4.77. The Labute approximate surface area is 96.8 Å². The molecule has 0 radical (unpaired) electrons. The van der Waals surface area contributed by atoms with Crippen molar-refractivity contribution in [2.75, 3.05) is 26.2 Å². The second-order valence-corrected chi connectivity index (χ2v) is 4.36. The summed E-state index contributed by atoms with van der Waals surface area (Å²) in [6, 6.07) is 0.675. The van der Waals surface area contributed by atoms with Gasteiger partial charge >= 0.3 is 0 Å². The first kappa shape index (κ1) is 11.5. The van der Waals surface area contributed by atoms with E-state index in [0.29, 0.717) is 6.04 Å². The van der Waals surface area contributed by atoms with Crippen LogP contribution in [0.25, 0.3) is 0 Å². The van der Waals surface area contributed by atoms with E-state index in [1.165, 1.54) is 25.9 Å². The summed E-state index contributed by atoms with van der Waals surface area (Å²) in [5.41, 5.74) is 0. The second-order valence-electron chi connectivity index (χ2n) is 4.36. The number of likely N-dealkylation sites (N-methyl/N-ethyl adjacent to an activating group) is 1. The molecule has 1 unspecified atom stereocenters. The van der Waals surface area contributed by atoms with Crippen molar-refractivity contribution in [3.05, 3.63) is 12.4 Å². The van der Waals surface area contributed by atoms with Crippen molar-refractivity contribution in [1.29, 1.82) is 0 Å². The number of hydrogen-bond acceptors (Lipinski definition) is 4. The topological polar surface area (TPSA) is 46.0 Å². The molecule has 1 saturated heterocycles. The zero-order valence-electron chi connectivity index (χ0n) is 9.97. The Hall–Kier alpha value is -0.940. The average molecular weight is 223 g/mol. The molecule has 16 heavy (non-hydrogen) atoms. The summed E-state index contributed by atoms with van der Waals surface area (Å²) in [7, 11) is 0. The van der Waals surface area contributed by atoms with Crippen molar-refractivity contribution < 1.29 is 0 Å². The lowest BCUT2D eigenvalue weighted by Crippen LogP contribution is -2.46. The van der Waals surface area contributed by atoms with E-state index in [1.54, 1.807) is 6.20 Å². The third kappa shape index (κ3) is 3.28. The van der Waals surface area contributed by atoms with Crippen molar-refractivity contribution in [2.24, 2.45) is 0 Å². The van der Waals surface area contributed by atoms with Gasteiger partial charge in [-0.05, 0) is 25.9 Å². The molecule has 1 fully saturated rings. The summed E-state index contributed by atoms with van der Waals surface area (Å²) in [6.07, 6.45) is 6.27. The molecule has 1 aliphatic heterocycles. The molecule has 0 aromatic carbocycles. The van der Waals surface area contributed by atoms with Crippen LogP contribution < -0.4 is 5.32 Å². The molecule has 1 N–H and O–H groups in total. The van der Waals surface area contributed by atoms with Gasteiger partial charge in [0.05, 0.1) is 12.7 Å². The number of likely N-dealkylation sites (tertiary alicyclic amines) is 1. The Morgan fingerprint density at radius 3 is 3.12 bits per heavy atom. The van der Waals surface area contributed by atoms with Crippen molar-refractivity contribution >= 4 is 0 Å². The Morgan fingerprint density at radius 1 is 1.44 bits per heavy atom. The molecule has 1 aliphatic rings. The largest absolute Gasteiger partial charge is 0.313 e. The summed E-state index contributed by atoms with van der Waals surface area (Å²) in [5.74, 6) is 0. The van der Waals surface area contributed by atoms with Crippen molar-refractivity contribution in [1.82, 2.24) is 25.2 Å². The van der Waals surface area contributed by atoms with Crippen LogP contribution in [0.3, 0.4) is 0 Å². The lowest BCUT2D eigenvalue weighted by molar-refractivity contribution is 0.183. The van der Waals surface area contributed by atoms with Gasteiger partial charge in [0, 0.05) is 25.3 Å². The van der Waals surface area contributed by atoms with E-state index < -0.39 is 0 Å². The number of piperidine rings is 1. The molecule has 5 heteroatoms. The lowest BCUT2D eigenvalue weighted by Gasteiger charge is -2.32. The fourth-order valence-corrected chi connectivity index (χ4v) is 2.31. The van der Waals surface area contributed by atoms with E-state index in [4.69, 9.17) is 0 Å². The van der Waals surface area contributed by atoms with E-state index in [-0.39, 0.29) is 0 Å². The van der Waals surface area contributed by atoms with Crippen LogP contribution >= 0.6 is 0 Å². The summed E-state index contributed by atoms with van der Waals surface area (Å²) in [5, 5.41) is 11.3. The molecule has 1 aromatic heterocycles. The normalized spacial score (nSPS) is 22.4. The van der Waals surface area contributed by atoms with Crippen LogP contribution in [0, 0.1) is 0 Å². The zero-order valence-corrected chi connectivity index (χ0v) is 9.97. The molecule has 0 saturated carbocycles. The van der Waals surface area contributed by atoms with Crippen molar-refractivity contribution in [3.8, 4) is 0 Å². The zero-order chi connectivity index (χ0) is 11.2. The SMILES string of the molecule is CCNC1CCCN(CCn2ccnn2)C1. The smallest absolute Gasteiger partial charge is 0.0692 e. The second kappa shape index (κ2) is 5.96. The maximum atomic E-state index is 3.98. The van der Waals surface area contributed by atoms with Gasteiger partial charge in [-0.2, -0.15) is 0 Å². The van der Waals surface area contributed by atoms with Crippen molar-refractivity contribution in [3.63, 3.8) is 0 Å². The molecule has 0 spiro atoms. The Morgan fingerprint density at radius 2 is 2.38 bits per heavy atom. The first-order valence-corrected chi connectivity index (χ1v) is 6.18. The quantitative estimate of drug-likeness (QED) is 0.782. The molecule has 1 atom stereocenters. The Kier molecular flexibility index (Phi) is 4.30. The van der Waals surface area contributed by atoms with Gasteiger partial charge in [-0.1, -0.05) is 12.1 Å². The standard InChI is InChI=1S/C11H21N5/c1-2-12-11-4-3-6-15(10-11)8-9-16-7-5-13-14-16/h5,7,11-12H,2-4,6,8-10H2,1H3. The summed E-state index contributed by atoms with van der Waals surface area (Å²) < 4.78 is 1.90. The molecular weight excluding hydrogens is 202 g/mol. The van der Waals surface area contributed by atoms with Crippen molar-refractivity contribution in [2.45, 2.75) is 32.4 Å². The number of hydrogen-bond donors (Lipinski definition) is 1. The van der Waals surface area contributed by atoms with Crippen LogP contribution in [-0.4, -0.2) is 52.1 Å². The minimum atomic E-state index is 0.675. The highest BCUT2D eigenvalue weighted by atomic mass is 15.4. The van der Waals surface area contributed by atoms with Gasteiger partial charge in [0.25, 0.3) is 0 Å². The highest BCUT2D eigenvalue weighted by Gasteiger charge is 2.18. The van der Waals surface area contributed by atoms with Gasteiger partial charge in [-0.25, -0.2) is 0 Å². The summed E-state index contributed by atoms with van der Waals surface area (Å²) >= 11 is 0. The average Bonchev–Trinajstić information content (AvgIpc) is 2.80.